The van der Waals surface area contributed by atoms with Crippen molar-refractivity contribution in [2.45, 2.75) is 6.42 Å². The second-order valence-electron chi connectivity index (χ2n) is 2.09. The third-order valence-electron chi connectivity index (χ3n) is 1.18. The van der Waals surface area contributed by atoms with Gasteiger partial charge in [0.15, 0.2) is 0 Å². The van der Waals surface area contributed by atoms with Gasteiger partial charge in [-0.1, -0.05) is 12.2 Å². The van der Waals surface area contributed by atoms with Crippen molar-refractivity contribution < 1.29 is 9.18 Å². The molecule has 12 heavy (non-hydrogen) atoms. The van der Waals surface area contributed by atoms with Gasteiger partial charge in [-0.15, -0.1) is 0 Å². The highest BCUT2D eigenvalue weighted by molar-refractivity contribution is 5.57. The summed E-state index contributed by atoms with van der Waals surface area (Å²) in [7, 11) is 0. The highest BCUT2D eigenvalue weighted by Gasteiger charge is 1.90. The minimum Gasteiger partial charge on any atom is -0.303 e. The molecule has 0 atom stereocenters. The van der Waals surface area contributed by atoms with Crippen LogP contribution in [0.4, 0.5) is 4.39 Å². The predicted molar refractivity (Wildman–Crippen MR) is 41.7 cm³/mol. The molecule has 1 aromatic rings. The van der Waals surface area contributed by atoms with E-state index in [1.807, 2.05) is 0 Å². The maximum absolute atomic E-state index is 12.2. The third kappa shape index (κ3) is 2.57. The van der Waals surface area contributed by atoms with E-state index in [0.717, 1.165) is 6.29 Å². The quantitative estimate of drug-likeness (QED) is 0.500. The van der Waals surface area contributed by atoms with Gasteiger partial charge in [0.25, 0.3) is 0 Å². The first kappa shape index (κ1) is 8.52. The van der Waals surface area contributed by atoms with Crippen molar-refractivity contribution in [1.29, 1.82) is 0 Å². The summed E-state index contributed by atoms with van der Waals surface area (Å²) in [4.78, 5) is 16.6. The lowest BCUT2D eigenvalue weighted by molar-refractivity contribution is -0.107. The average molecular weight is 166 g/mol. The maximum atomic E-state index is 12.2. The second kappa shape index (κ2) is 4.33. The van der Waals surface area contributed by atoms with Crippen LogP contribution in [0.2, 0.25) is 0 Å². The van der Waals surface area contributed by atoms with Gasteiger partial charge in [0.1, 0.15) is 6.29 Å². The fourth-order valence-corrected chi connectivity index (χ4v) is 0.668. The van der Waals surface area contributed by atoms with Crippen LogP contribution < -0.4 is 0 Å². The number of hydrogen-bond donors (Lipinski definition) is 0. The van der Waals surface area contributed by atoms with E-state index in [2.05, 4.69) is 9.97 Å². The second-order valence-corrected chi connectivity index (χ2v) is 2.09. The van der Waals surface area contributed by atoms with Crippen LogP contribution in [0, 0.1) is 6.08 Å². The summed E-state index contributed by atoms with van der Waals surface area (Å²) in [6, 6.07) is 0. The number of carbonyl (C=O) groups excluding carboxylic acids is 1. The van der Waals surface area contributed by atoms with Gasteiger partial charge in [0.2, 0.25) is 0 Å². The number of carbonyl (C=O) groups is 1. The zero-order chi connectivity index (χ0) is 8.81. The Hall–Kier alpha value is -1.58. The van der Waals surface area contributed by atoms with Crippen LogP contribution >= 0.6 is 0 Å². The van der Waals surface area contributed by atoms with E-state index in [-0.39, 0.29) is 0 Å². The van der Waals surface area contributed by atoms with Gasteiger partial charge in [-0.2, -0.15) is 4.39 Å². The Morgan fingerprint density at radius 1 is 1.42 bits per heavy atom. The number of aromatic nitrogens is 2. The molecule has 0 radical (unpaired) electrons. The molecule has 0 unspecified atom stereocenters. The van der Waals surface area contributed by atoms with Gasteiger partial charge < -0.3 is 4.79 Å². The van der Waals surface area contributed by atoms with Crippen molar-refractivity contribution in [2.24, 2.45) is 0 Å². The number of rotatable bonds is 3. The van der Waals surface area contributed by atoms with Gasteiger partial charge in [-0.3, -0.25) is 0 Å². The Kier molecular flexibility index (Phi) is 3.07. The summed E-state index contributed by atoms with van der Waals surface area (Å²) in [5.41, 5.74) is 0.679. The van der Waals surface area contributed by atoms with Crippen molar-refractivity contribution in [3.8, 4) is 0 Å². The van der Waals surface area contributed by atoms with E-state index >= 15 is 0 Å². The number of aldehydes is 1. The lowest BCUT2D eigenvalue weighted by atomic mass is 10.3. The minimum atomic E-state index is -0.748. The van der Waals surface area contributed by atoms with Crippen molar-refractivity contribution in [3.63, 3.8) is 0 Å². The fraction of sp³-hybridized carbons (Fsp3) is 0.125. The van der Waals surface area contributed by atoms with E-state index in [9.17, 15) is 9.18 Å². The smallest absolute Gasteiger partial charge is 0.303 e. The van der Waals surface area contributed by atoms with Crippen LogP contribution in [-0.2, 0) is 4.79 Å². The van der Waals surface area contributed by atoms with Gasteiger partial charge in [0.05, 0.1) is 0 Å². The molecule has 0 amide bonds. The Balaban J connectivity index is 2.64. The van der Waals surface area contributed by atoms with Gasteiger partial charge >= 0.3 is 6.08 Å². The summed E-state index contributed by atoms with van der Waals surface area (Å²) in [6.45, 7) is 0. The first-order valence-electron chi connectivity index (χ1n) is 3.40. The van der Waals surface area contributed by atoms with E-state index < -0.39 is 6.08 Å². The predicted octanol–water partition coefficient (Wildman–Crippen LogP) is 1.22. The molecule has 0 N–H and O–H groups in total. The van der Waals surface area contributed by atoms with E-state index in [1.165, 1.54) is 12.4 Å². The molecular weight excluding hydrogens is 159 g/mol. The van der Waals surface area contributed by atoms with Gasteiger partial charge in [-0.05, 0) is 0 Å². The van der Waals surface area contributed by atoms with E-state index in [4.69, 9.17) is 0 Å². The van der Waals surface area contributed by atoms with Crippen LogP contribution in [0.15, 0.2) is 18.5 Å². The lowest BCUT2D eigenvalue weighted by Gasteiger charge is -1.89. The molecule has 0 bridgehead atoms. The molecule has 0 saturated heterocycles. The topological polar surface area (TPSA) is 42.9 Å². The molecule has 1 heterocycles. The van der Waals surface area contributed by atoms with Gasteiger partial charge in [-0.25, -0.2) is 9.97 Å². The molecule has 0 aliphatic heterocycles. The summed E-state index contributed by atoms with van der Waals surface area (Å²) < 4.78 is 12.2. The average Bonchev–Trinajstić information content (AvgIpc) is 2.09. The van der Waals surface area contributed by atoms with Crippen LogP contribution in [-0.4, -0.2) is 16.3 Å². The number of hydrogen-bond acceptors (Lipinski definition) is 3. The van der Waals surface area contributed by atoms with E-state index in [0.29, 0.717) is 12.0 Å². The molecule has 1 rings (SSSR count). The Morgan fingerprint density at radius 3 is 2.67 bits per heavy atom. The van der Waals surface area contributed by atoms with Crippen LogP contribution in [0.5, 0.6) is 0 Å². The van der Waals surface area contributed by atoms with Gasteiger partial charge in [0, 0.05) is 24.4 Å². The molecule has 0 saturated carbocycles. The van der Waals surface area contributed by atoms with Crippen molar-refractivity contribution in [2.75, 3.05) is 0 Å². The monoisotopic (exact) mass is 166 g/mol. The highest BCUT2D eigenvalue weighted by atomic mass is 19.1. The minimum absolute atomic E-state index is 0.345. The first-order valence-corrected chi connectivity index (χ1v) is 3.40. The number of nitrogens with zero attached hydrogens (tertiary/aromatic N) is 2. The zero-order valence-corrected chi connectivity index (χ0v) is 6.27. The Bertz CT molecular complexity index is 282. The molecule has 0 aliphatic carbocycles. The van der Waals surface area contributed by atoms with Crippen molar-refractivity contribution in [1.82, 2.24) is 9.97 Å². The largest absolute Gasteiger partial charge is 0.308 e. The molecule has 0 fully saturated rings. The third-order valence-corrected chi connectivity index (χ3v) is 1.18. The van der Waals surface area contributed by atoms with Crippen LogP contribution in [0.1, 0.15) is 12.0 Å². The molecule has 4 heteroatoms. The molecule has 1 aromatic heterocycles. The first-order chi connectivity index (χ1) is 5.83. The fourth-order valence-electron chi connectivity index (χ4n) is 0.668. The Morgan fingerprint density at radius 2 is 2.08 bits per heavy atom. The van der Waals surface area contributed by atoms with Crippen LogP contribution in [0.3, 0.4) is 0 Å². The molecule has 0 aliphatic rings. The lowest BCUT2D eigenvalue weighted by Crippen LogP contribution is -1.87. The standard InChI is InChI=1S/C8H7FN2O/c9-8-10-5-7(6-11-8)3-1-2-4-12/h1,3-6H,2H2. The Labute approximate surface area is 69.0 Å². The summed E-state index contributed by atoms with van der Waals surface area (Å²) in [5.74, 6) is 0. The van der Waals surface area contributed by atoms with Crippen LogP contribution in [0.25, 0.3) is 6.08 Å². The summed E-state index contributed by atoms with van der Waals surface area (Å²) in [6.07, 6.45) is 6.39. The molecule has 0 aromatic carbocycles. The maximum Gasteiger partial charge on any atom is 0.308 e. The summed E-state index contributed by atoms with van der Waals surface area (Å²) >= 11 is 0. The van der Waals surface area contributed by atoms with Crippen molar-refractivity contribution in [3.05, 3.63) is 30.1 Å². The SMILES string of the molecule is O=CCC=Cc1cnc(F)nc1. The normalized spacial score (nSPS) is 10.4. The summed E-state index contributed by atoms with van der Waals surface area (Å²) in [5, 5.41) is 0. The number of halogens is 1. The number of allylic oxidation sites excluding steroid dienone is 1. The molecule has 3 nitrogen and oxygen atoms in total. The molecule has 0 spiro atoms. The van der Waals surface area contributed by atoms with Crippen molar-refractivity contribution >= 4 is 12.4 Å². The zero-order valence-electron chi connectivity index (χ0n) is 6.27. The van der Waals surface area contributed by atoms with E-state index in [1.54, 1.807) is 12.2 Å². The molecule has 62 valence electrons. The molecular formula is C8H7FN2O. The highest BCUT2D eigenvalue weighted by Crippen LogP contribution is 1.98.